The summed E-state index contributed by atoms with van der Waals surface area (Å²) in [5.74, 6) is 0. The monoisotopic (exact) mass is 597 g/mol. The summed E-state index contributed by atoms with van der Waals surface area (Å²) in [7, 11) is 0. The lowest BCUT2D eigenvalue weighted by Crippen LogP contribution is -2.30. The van der Waals surface area contributed by atoms with Gasteiger partial charge in [0, 0.05) is 56.4 Å². The number of hydrogen-bond acceptors (Lipinski definition) is 5. The molecular weight excluding hydrogens is 574 g/mol. The zero-order chi connectivity index (χ0) is 28.5. The van der Waals surface area contributed by atoms with Crippen LogP contribution in [-0.4, -0.2) is 19.6 Å². The van der Waals surface area contributed by atoms with Crippen molar-refractivity contribution in [2.75, 3.05) is 4.90 Å². The molecular formula is C31H24ClN5O2S2. The minimum absolute atomic E-state index is 0.0757. The number of pyridine rings is 1. The summed E-state index contributed by atoms with van der Waals surface area (Å²) < 4.78 is 2.17. The molecule has 0 unspecified atom stereocenters. The first kappa shape index (κ1) is 27.0. The number of nitrogens with one attached hydrogen (secondary N) is 1. The molecule has 1 saturated heterocycles. The minimum atomic E-state index is -0.393. The van der Waals surface area contributed by atoms with E-state index in [1.165, 1.54) is 12.1 Å². The number of hydrogen-bond donors (Lipinski definition) is 1. The van der Waals surface area contributed by atoms with E-state index in [1.54, 1.807) is 30.1 Å². The van der Waals surface area contributed by atoms with Gasteiger partial charge < -0.3 is 14.8 Å². The molecule has 1 fully saturated rings. The quantitative estimate of drug-likeness (QED) is 0.115. The van der Waals surface area contributed by atoms with E-state index in [0.29, 0.717) is 5.11 Å². The van der Waals surface area contributed by atoms with Gasteiger partial charge in [0.25, 0.3) is 5.69 Å². The topological polar surface area (TPSA) is 76.2 Å². The molecule has 0 aliphatic carbocycles. The molecule has 1 aliphatic rings. The number of thiocarbonyl (C=S) groups is 1. The number of aryl methyl sites for hydroxylation is 1. The number of nitro groups is 1. The first-order valence-corrected chi connectivity index (χ1v) is 14.5. The standard InChI is InChI=1S/C31H24ClN5O2S2/c1-20-19-23(11-16-26(20)32)35-18-4-6-28(35)30-29(27-5-2-3-17-33-27)34-31(40)36(30)21-7-12-24(13-8-21)41-25-14-9-22(10-15-25)37(38)39/h2-19,29-30H,1H3,(H,34,40)/t29-,30+/m0/s1. The fraction of sp³-hybridized carbons (Fsp3) is 0.0968. The number of nitrogens with zero attached hydrogens (tertiary/aromatic N) is 4. The van der Waals surface area contributed by atoms with Gasteiger partial charge in [-0.2, -0.15) is 0 Å². The number of rotatable bonds is 7. The Morgan fingerprint density at radius 3 is 2.32 bits per heavy atom. The van der Waals surface area contributed by atoms with Crippen LogP contribution in [0.15, 0.2) is 119 Å². The van der Waals surface area contributed by atoms with Crippen molar-refractivity contribution in [2.24, 2.45) is 0 Å². The molecule has 3 heterocycles. The first-order valence-electron chi connectivity index (χ1n) is 12.9. The zero-order valence-electron chi connectivity index (χ0n) is 21.8. The van der Waals surface area contributed by atoms with Crippen molar-refractivity contribution in [3.63, 3.8) is 0 Å². The summed E-state index contributed by atoms with van der Waals surface area (Å²) in [6, 6.07) is 30.5. The fourth-order valence-corrected chi connectivity index (χ4v) is 6.31. The largest absolute Gasteiger partial charge is 0.351 e. The van der Waals surface area contributed by atoms with E-state index < -0.39 is 4.92 Å². The van der Waals surface area contributed by atoms with Crippen LogP contribution in [0.5, 0.6) is 0 Å². The third-order valence-corrected chi connectivity index (χ3v) is 8.75. The Kier molecular flexibility index (Phi) is 7.49. The Labute approximate surface area is 252 Å². The van der Waals surface area contributed by atoms with E-state index in [4.69, 9.17) is 23.8 Å². The van der Waals surface area contributed by atoms with Crippen molar-refractivity contribution >= 4 is 52.1 Å². The average Bonchev–Trinajstić information content (AvgIpc) is 3.60. The van der Waals surface area contributed by atoms with Gasteiger partial charge in [-0.3, -0.25) is 15.1 Å². The molecule has 2 atom stereocenters. The summed E-state index contributed by atoms with van der Waals surface area (Å²) in [6.45, 7) is 2.00. The van der Waals surface area contributed by atoms with E-state index in [-0.39, 0.29) is 17.8 Å². The van der Waals surface area contributed by atoms with E-state index in [1.807, 2.05) is 55.5 Å². The third-order valence-electron chi connectivity index (χ3n) is 7.00. The average molecular weight is 598 g/mol. The van der Waals surface area contributed by atoms with Crippen molar-refractivity contribution in [1.29, 1.82) is 0 Å². The predicted octanol–water partition coefficient (Wildman–Crippen LogP) is 8.07. The van der Waals surface area contributed by atoms with Crippen LogP contribution in [0.1, 0.15) is 29.0 Å². The predicted molar refractivity (Wildman–Crippen MR) is 167 cm³/mol. The lowest BCUT2D eigenvalue weighted by Gasteiger charge is -2.29. The first-order chi connectivity index (χ1) is 19.9. The molecule has 0 saturated carbocycles. The maximum Gasteiger partial charge on any atom is 0.269 e. The number of non-ortho nitro benzene ring substituents is 1. The number of benzene rings is 3. The second-order valence-electron chi connectivity index (χ2n) is 9.58. The normalized spacial score (nSPS) is 16.5. The van der Waals surface area contributed by atoms with Crippen LogP contribution in [0.2, 0.25) is 5.02 Å². The smallest absolute Gasteiger partial charge is 0.269 e. The van der Waals surface area contributed by atoms with Gasteiger partial charge in [0.1, 0.15) is 6.04 Å². The summed E-state index contributed by atoms with van der Waals surface area (Å²) in [4.78, 5) is 19.3. The van der Waals surface area contributed by atoms with Gasteiger partial charge in [-0.25, -0.2) is 0 Å². The van der Waals surface area contributed by atoms with E-state index >= 15 is 0 Å². The molecule has 41 heavy (non-hydrogen) atoms. The van der Waals surface area contributed by atoms with Crippen LogP contribution in [0.4, 0.5) is 11.4 Å². The maximum absolute atomic E-state index is 11.0. The van der Waals surface area contributed by atoms with Crippen LogP contribution in [0.3, 0.4) is 0 Å². The Balaban J connectivity index is 1.36. The number of halogens is 1. The highest BCUT2D eigenvalue weighted by molar-refractivity contribution is 7.99. The molecule has 10 heteroatoms. The van der Waals surface area contributed by atoms with Gasteiger partial charge >= 0.3 is 0 Å². The van der Waals surface area contributed by atoms with E-state index in [0.717, 1.165) is 43.1 Å². The third kappa shape index (κ3) is 5.44. The highest BCUT2D eigenvalue weighted by Gasteiger charge is 2.42. The molecule has 0 bridgehead atoms. The molecule has 0 spiro atoms. The van der Waals surface area contributed by atoms with Crippen LogP contribution in [0.25, 0.3) is 5.69 Å². The number of aromatic nitrogens is 2. The van der Waals surface area contributed by atoms with Crippen molar-refractivity contribution < 1.29 is 4.92 Å². The highest BCUT2D eigenvalue weighted by atomic mass is 35.5. The van der Waals surface area contributed by atoms with Gasteiger partial charge in [-0.15, -0.1) is 0 Å². The molecule has 3 aromatic carbocycles. The summed E-state index contributed by atoms with van der Waals surface area (Å²) >= 11 is 13.8. The summed E-state index contributed by atoms with van der Waals surface area (Å²) in [5, 5.41) is 15.8. The van der Waals surface area contributed by atoms with Gasteiger partial charge in [-0.1, -0.05) is 29.4 Å². The maximum atomic E-state index is 11.0. The lowest BCUT2D eigenvalue weighted by atomic mass is 10.0. The van der Waals surface area contributed by atoms with Gasteiger partial charge in [0.2, 0.25) is 0 Å². The lowest BCUT2D eigenvalue weighted by molar-refractivity contribution is -0.384. The number of anilines is 1. The van der Waals surface area contributed by atoms with Gasteiger partial charge in [0.15, 0.2) is 5.11 Å². The minimum Gasteiger partial charge on any atom is -0.351 e. The summed E-state index contributed by atoms with van der Waals surface area (Å²) in [6.07, 6.45) is 3.85. The molecule has 0 amide bonds. The van der Waals surface area contributed by atoms with Crippen molar-refractivity contribution in [2.45, 2.75) is 28.8 Å². The van der Waals surface area contributed by atoms with Crippen LogP contribution < -0.4 is 10.2 Å². The van der Waals surface area contributed by atoms with Gasteiger partial charge in [-0.05, 0) is 104 Å². The highest BCUT2D eigenvalue weighted by Crippen LogP contribution is 2.43. The van der Waals surface area contributed by atoms with Crippen molar-refractivity contribution in [1.82, 2.24) is 14.9 Å². The van der Waals surface area contributed by atoms with Crippen LogP contribution in [-0.2, 0) is 0 Å². The summed E-state index contributed by atoms with van der Waals surface area (Å²) in [5.41, 5.74) is 4.99. The molecule has 5 aromatic rings. The molecule has 0 radical (unpaired) electrons. The van der Waals surface area contributed by atoms with Crippen molar-refractivity contribution in [3.8, 4) is 5.69 Å². The molecule has 7 nitrogen and oxygen atoms in total. The molecule has 2 aromatic heterocycles. The van der Waals surface area contributed by atoms with Crippen LogP contribution in [0, 0.1) is 17.0 Å². The second-order valence-corrected chi connectivity index (χ2v) is 11.5. The van der Waals surface area contributed by atoms with E-state index in [9.17, 15) is 10.1 Å². The van der Waals surface area contributed by atoms with E-state index in [2.05, 4.69) is 50.2 Å². The van der Waals surface area contributed by atoms with Gasteiger partial charge in [0.05, 0.1) is 16.7 Å². The number of nitro benzene ring substituents is 1. The fourth-order valence-electron chi connectivity index (χ4n) is 5.03. The van der Waals surface area contributed by atoms with Crippen LogP contribution >= 0.6 is 35.6 Å². The zero-order valence-corrected chi connectivity index (χ0v) is 24.2. The van der Waals surface area contributed by atoms with Crippen molar-refractivity contribution in [3.05, 3.63) is 142 Å². The Morgan fingerprint density at radius 1 is 0.951 bits per heavy atom. The Morgan fingerprint density at radius 2 is 1.66 bits per heavy atom. The molecule has 1 N–H and O–H groups in total. The molecule has 204 valence electrons. The molecule has 1 aliphatic heterocycles. The molecule has 6 rings (SSSR count). The Bertz CT molecular complexity index is 1730. The second kappa shape index (κ2) is 11.4. The SMILES string of the molecule is Cc1cc(-n2cccc2[C@@H]2[C@H](c3ccccn3)NC(=S)N2c2ccc(Sc3ccc([N+](=O)[O-])cc3)cc2)ccc1Cl. The Hall–Kier alpha value is -4.18.